The minimum absolute atomic E-state index is 0.240. The summed E-state index contributed by atoms with van der Waals surface area (Å²) in [5.41, 5.74) is 4.95. The third-order valence-electron chi connectivity index (χ3n) is 5.46. The van der Waals surface area contributed by atoms with Crippen molar-refractivity contribution in [2.24, 2.45) is 5.92 Å². The summed E-state index contributed by atoms with van der Waals surface area (Å²) in [4.78, 5) is 18.1. The van der Waals surface area contributed by atoms with E-state index in [2.05, 4.69) is 29.2 Å². The van der Waals surface area contributed by atoms with Crippen molar-refractivity contribution in [3.8, 4) is 16.9 Å². The topological polar surface area (TPSA) is 51.7 Å². The predicted octanol–water partition coefficient (Wildman–Crippen LogP) is 5.63. The van der Waals surface area contributed by atoms with Gasteiger partial charge in [0.15, 0.2) is 0 Å². The molecular weight excluding hydrogens is 396 g/mol. The number of thiazole rings is 1. The summed E-state index contributed by atoms with van der Waals surface area (Å²) in [7, 11) is 0. The largest absolute Gasteiger partial charge is 0.494 e. The first-order valence-electron chi connectivity index (χ1n) is 10.3. The molecule has 0 saturated carbocycles. The van der Waals surface area contributed by atoms with Crippen molar-refractivity contribution in [2.45, 2.75) is 25.9 Å². The van der Waals surface area contributed by atoms with Gasteiger partial charge in [0.25, 0.3) is 0 Å². The van der Waals surface area contributed by atoms with Crippen molar-refractivity contribution in [3.63, 3.8) is 0 Å². The molecule has 0 aliphatic carbocycles. The molecule has 2 aromatic carbocycles. The van der Waals surface area contributed by atoms with Gasteiger partial charge in [-0.05, 0) is 48.4 Å². The van der Waals surface area contributed by atoms with Gasteiger partial charge in [-0.3, -0.25) is 0 Å². The maximum atomic E-state index is 12.2. The number of benzene rings is 2. The molecule has 1 aromatic heterocycles. The quantitative estimate of drug-likeness (QED) is 0.495. The maximum absolute atomic E-state index is 12.2. The number of likely N-dealkylation sites (tertiary alicyclic amines) is 1. The normalized spacial score (nSPS) is 14.5. The number of nitrogens with zero attached hydrogens (tertiary/aromatic N) is 2. The Kier molecular flexibility index (Phi) is 6.98. The van der Waals surface area contributed by atoms with Gasteiger partial charge in [0, 0.05) is 18.5 Å². The van der Waals surface area contributed by atoms with Crippen LogP contribution in [0.25, 0.3) is 11.1 Å². The summed E-state index contributed by atoms with van der Waals surface area (Å²) in [6.07, 6.45) is 2.74. The SMILES string of the molecule is O=C(OCc1cscn1)N1CCC(CCOc2ccc(-c3ccccc3)cc2)CC1. The summed E-state index contributed by atoms with van der Waals surface area (Å²) >= 11 is 1.50. The summed E-state index contributed by atoms with van der Waals surface area (Å²) in [6.45, 7) is 2.43. The standard InChI is InChI=1S/C24H26N2O3S/c27-24(29-16-22-17-30-18-25-22)26-13-10-19(11-14-26)12-15-28-23-8-6-21(7-9-23)20-4-2-1-3-5-20/h1-9,17-19H,10-16H2. The Bertz CT molecular complexity index is 905. The molecule has 4 rings (SSSR count). The van der Waals surface area contributed by atoms with E-state index in [0.717, 1.165) is 43.8 Å². The zero-order chi connectivity index (χ0) is 20.6. The van der Waals surface area contributed by atoms with Crippen LogP contribution in [0, 0.1) is 5.92 Å². The van der Waals surface area contributed by atoms with Crippen LogP contribution < -0.4 is 4.74 Å². The van der Waals surface area contributed by atoms with Crippen LogP contribution in [0.2, 0.25) is 0 Å². The lowest BCUT2D eigenvalue weighted by Gasteiger charge is -2.31. The Hall–Kier alpha value is -2.86. The average molecular weight is 423 g/mol. The number of hydrogen-bond donors (Lipinski definition) is 0. The summed E-state index contributed by atoms with van der Waals surface area (Å²) < 4.78 is 11.3. The Morgan fingerprint density at radius 1 is 1.03 bits per heavy atom. The first-order valence-corrected chi connectivity index (χ1v) is 11.3. The van der Waals surface area contributed by atoms with Gasteiger partial charge in [0.05, 0.1) is 17.8 Å². The molecule has 0 bridgehead atoms. The van der Waals surface area contributed by atoms with Crippen molar-refractivity contribution >= 4 is 17.4 Å². The van der Waals surface area contributed by atoms with Gasteiger partial charge < -0.3 is 14.4 Å². The molecule has 5 nitrogen and oxygen atoms in total. The van der Waals surface area contributed by atoms with Crippen molar-refractivity contribution < 1.29 is 14.3 Å². The fourth-order valence-corrected chi connectivity index (χ4v) is 4.20. The Balaban J connectivity index is 1.15. The van der Waals surface area contributed by atoms with E-state index in [9.17, 15) is 4.79 Å². The second kappa shape index (κ2) is 10.3. The maximum Gasteiger partial charge on any atom is 0.410 e. The fraction of sp³-hybridized carbons (Fsp3) is 0.333. The minimum Gasteiger partial charge on any atom is -0.494 e. The van der Waals surface area contributed by atoms with Gasteiger partial charge in [0.1, 0.15) is 12.4 Å². The van der Waals surface area contributed by atoms with Crippen LogP contribution in [0.5, 0.6) is 5.75 Å². The highest BCUT2D eigenvalue weighted by atomic mass is 32.1. The minimum atomic E-state index is -0.240. The van der Waals surface area contributed by atoms with Crippen LogP contribution in [0.3, 0.4) is 0 Å². The van der Waals surface area contributed by atoms with Crippen LogP contribution in [-0.2, 0) is 11.3 Å². The molecule has 1 fully saturated rings. The van der Waals surface area contributed by atoms with Crippen molar-refractivity contribution in [1.82, 2.24) is 9.88 Å². The number of amides is 1. The third kappa shape index (κ3) is 5.60. The Labute approximate surface area is 181 Å². The molecule has 0 spiro atoms. The Morgan fingerprint density at radius 2 is 1.77 bits per heavy atom. The highest BCUT2D eigenvalue weighted by molar-refractivity contribution is 7.07. The van der Waals surface area contributed by atoms with Crippen LogP contribution in [0.4, 0.5) is 4.79 Å². The van der Waals surface area contributed by atoms with Crippen LogP contribution in [0.15, 0.2) is 65.5 Å². The zero-order valence-corrected chi connectivity index (χ0v) is 17.7. The van der Waals surface area contributed by atoms with Gasteiger partial charge in [-0.1, -0.05) is 42.5 Å². The van der Waals surface area contributed by atoms with Crippen molar-refractivity contribution in [2.75, 3.05) is 19.7 Å². The van der Waals surface area contributed by atoms with Gasteiger partial charge >= 0.3 is 6.09 Å². The van der Waals surface area contributed by atoms with Gasteiger partial charge in [-0.25, -0.2) is 9.78 Å². The van der Waals surface area contributed by atoms with Gasteiger partial charge in [-0.15, -0.1) is 11.3 Å². The lowest BCUT2D eigenvalue weighted by Crippen LogP contribution is -2.39. The van der Waals surface area contributed by atoms with Crippen molar-refractivity contribution in [3.05, 3.63) is 71.2 Å². The molecule has 1 aliphatic heterocycles. The second-order valence-corrected chi connectivity index (χ2v) is 8.21. The molecule has 0 N–H and O–H groups in total. The molecular formula is C24H26N2O3S. The lowest BCUT2D eigenvalue weighted by atomic mass is 9.94. The zero-order valence-electron chi connectivity index (χ0n) is 16.9. The summed E-state index contributed by atoms with van der Waals surface area (Å²) in [6, 6.07) is 18.6. The van der Waals surface area contributed by atoms with E-state index in [0.29, 0.717) is 12.5 Å². The van der Waals surface area contributed by atoms with E-state index in [4.69, 9.17) is 9.47 Å². The van der Waals surface area contributed by atoms with Crippen molar-refractivity contribution in [1.29, 1.82) is 0 Å². The average Bonchev–Trinajstić information content (AvgIpc) is 3.33. The number of rotatable bonds is 7. The molecule has 30 heavy (non-hydrogen) atoms. The predicted molar refractivity (Wildman–Crippen MR) is 119 cm³/mol. The molecule has 3 aromatic rings. The van der Waals surface area contributed by atoms with E-state index < -0.39 is 0 Å². The molecule has 6 heteroatoms. The second-order valence-electron chi connectivity index (χ2n) is 7.49. The van der Waals surface area contributed by atoms with E-state index >= 15 is 0 Å². The number of carbonyl (C=O) groups is 1. The molecule has 156 valence electrons. The first-order chi connectivity index (χ1) is 14.8. The van der Waals surface area contributed by atoms with E-state index in [1.54, 1.807) is 10.4 Å². The number of ether oxygens (including phenoxy) is 2. The van der Waals surface area contributed by atoms with Crippen LogP contribution in [-0.4, -0.2) is 35.7 Å². The monoisotopic (exact) mass is 422 g/mol. The molecule has 1 amide bonds. The van der Waals surface area contributed by atoms with Crippen LogP contribution in [0.1, 0.15) is 25.0 Å². The van der Waals surface area contributed by atoms with E-state index in [1.807, 2.05) is 35.7 Å². The highest BCUT2D eigenvalue weighted by Gasteiger charge is 2.23. The van der Waals surface area contributed by atoms with Gasteiger partial charge in [-0.2, -0.15) is 0 Å². The Morgan fingerprint density at radius 3 is 2.47 bits per heavy atom. The summed E-state index contributed by atoms with van der Waals surface area (Å²) in [5.74, 6) is 1.48. The van der Waals surface area contributed by atoms with Gasteiger partial charge in [0.2, 0.25) is 0 Å². The fourth-order valence-electron chi connectivity index (χ4n) is 3.66. The number of aromatic nitrogens is 1. The molecule has 1 saturated heterocycles. The highest BCUT2D eigenvalue weighted by Crippen LogP contribution is 2.24. The number of piperidine rings is 1. The molecule has 2 heterocycles. The number of carbonyl (C=O) groups excluding carboxylic acids is 1. The molecule has 1 aliphatic rings. The molecule has 0 unspecified atom stereocenters. The number of hydrogen-bond acceptors (Lipinski definition) is 5. The summed E-state index contributed by atoms with van der Waals surface area (Å²) in [5, 5.41) is 1.90. The smallest absolute Gasteiger partial charge is 0.410 e. The van der Waals surface area contributed by atoms with E-state index in [1.165, 1.54) is 22.5 Å². The third-order valence-corrected chi connectivity index (χ3v) is 6.09. The molecule has 0 radical (unpaired) electrons. The first kappa shape index (κ1) is 20.4. The lowest BCUT2D eigenvalue weighted by molar-refractivity contribution is 0.0792. The molecule has 0 atom stereocenters. The van der Waals surface area contributed by atoms with Crippen LogP contribution >= 0.6 is 11.3 Å². The van der Waals surface area contributed by atoms with E-state index in [-0.39, 0.29) is 12.7 Å².